The summed E-state index contributed by atoms with van der Waals surface area (Å²) in [4.78, 5) is 33.5. The van der Waals surface area contributed by atoms with Crippen LogP contribution in [0.15, 0.2) is 11.8 Å². The molecule has 0 aromatic carbocycles. The molecule has 3 saturated heterocycles. The number of alkyl halides is 2. The number of carbonyl (C=O) groups excluding carboxylic acids is 2. The van der Waals surface area contributed by atoms with Crippen molar-refractivity contribution in [1.29, 1.82) is 0 Å². The molecule has 6 aliphatic rings. The smallest absolute Gasteiger partial charge is 0.256 e. The molecule has 8 unspecified atom stereocenters. The van der Waals surface area contributed by atoms with Gasteiger partial charge in [-0.2, -0.15) is 4.31 Å². The number of hydrogen-bond acceptors (Lipinski definition) is 8. The molecule has 1 amide bonds. The van der Waals surface area contributed by atoms with Gasteiger partial charge in [-0.15, -0.1) is 11.6 Å². The van der Waals surface area contributed by atoms with Crippen molar-refractivity contribution in [3.05, 3.63) is 11.8 Å². The Morgan fingerprint density at radius 1 is 1.10 bits per heavy atom. The Balaban J connectivity index is 1.25. The summed E-state index contributed by atoms with van der Waals surface area (Å²) in [5.41, 5.74) is 0.113. The standard InChI is InChI=1S/C27H41ClFN5O5S/c1-40(37,38)33-12-10-32(11-13-33)24-20(29)15-18-23-26(24)39-22-14-17(28)4-5-21(22)34(23)16-19(25(18)35)27(36)30-6-9-31-7-2-3-8-31/h16-18,20-24,26H,2-15H2,1H3,(H,30,36). The normalized spacial score (nSPS) is 39.4. The van der Waals surface area contributed by atoms with Crippen molar-refractivity contribution in [3.63, 3.8) is 0 Å². The van der Waals surface area contributed by atoms with E-state index in [4.69, 9.17) is 16.3 Å². The Kier molecular flexibility index (Phi) is 8.21. The van der Waals surface area contributed by atoms with E-state index >= 15 is 4.39 Å². The zero-order valence-corrected chi connectivity index (χ0v) is 24.7. The number of fused-ring (bicyclic) bond motifs is 2. The van der Waals surface area contributed by atoms with Crippen LogP contribution in [0, 0.1) is 5.92 Å². The average molecular weight is 602 g/mol. The molecule has 8 atom stereocenters. The van der Waals surface area contributed by atoms with E-state index in [2.05, 4.69) is 15.1 Å². The maximum atomic E-state index is 16.1. The van der Waals surface area contributed by atoms with Gasteiger partial charge in [0.1, 0.15) is 6.17 Å². The molecule has 40 heavy (non-hydrogen) atoms. The van der Waals surface area contributed by atoms with Crippen molar-refractivity contribution >= 4 is 33.3 Å². The monoisotopic (exact) mass is 601 g/mol. The van der Waals surface area contributed by atoms with E-state index in [-0.39, 0.29) is 47.2 Å². The van der Waals surface area contributed by atoms with E-state index in [0.29, 0.717) is 39.1 Å². The summed E-state index contributed by atoms with van der Waals surface area (Å²) in [6, 6.07) is -0.996. The molecular formula is C27H41ClFN5O5S. The van der Waals surface area contributed by atoms with Crippen LogP contribution in [0.4, 0.5) is 4.39 Å². The minimum atomic E-state index is -3.32. The van der Waals surface area contributed by atoms with Gasteiger partial charge in [0.05, 0.1) is 42.2 Å². The number of sulfonamides is 1. The van der Waals surface area contributed by atoms with Crippen LogP contribution in [-0.4, -0.2) is 140 Å². The molecule has 0 aromatic heterocycles. The number of likely N-dealkylation sites (tertiary alicyclic amines) is 1. The number of ketones is 1. The van der Waals surface area contributed by atoms with E-state index in [9.17, 15) is 18.0 Å². The SMILES string of the molecule is CS(=O)(=O)N1CCN(C2C(F)CC3C(=O)C(C(=O)NCCN4CCCC4)=CN4C5CCC(Cl)CC5OC2C34)CC1. The highest BCUT2D eigenvalue weighted by atomic mass is 35.5. The van der Waals surface area contributed by atoms with Gasteiger partial charge in [0.25, 0.3) is 5.91 Å². The molecule has 1 N–H and O–H groups in total. The fourth-order valence-electron chi connectivity index (χ4n) is 7.90. The lowest BCUT2D eigenvalue weighted by Gasteiger charge is -2.60. The number of halogens is 2. The van der Waals surface area contributed by atoms with Crippen LogP contribution < -0.4 is 5.32 Å². The molecule has 224 valence electrons. The van der Waals surface area contributed by atoms with Gasteiger partial charge < -0.3 is 19.9 Å². The highest BCUT2D eigenvalue weighted by Crippen LogP contribution is 2.47. The number of nitrogens with one attached hydrogen (secondary N) is 1. The van der Waals surface area contributed by atoms with Crippen molar-refractivity contribution in [3.8, 4) is 0 Å². The summed E-state index contributed by atoms with van der Waals surface area (Å²) < 4.78 is 48.3. The Morgan fingerprint density at radius 3 is 2.52 bits per heavy atom. The van der Waals surface area contributed by atoms with Gasteiger partial charge in [0.2, 0.25) is 10.0 Å². The number of ether oxygens (including phenoxy) is 1. The van der Waals surface area contributed by atoms with E-state index in [0.717, 1.165) is 32.5 Å². The second kappa shape index (κ2) is 11.4. The van der Waals surface area contributed by atoms with Crippen LogP contribution in [0.25, 0.3) is 0 Å². The van der Waals surface area contributed by atoms with E-state index < -0.39 is 34.3 Å². The summed E-state index contributed by atoms with van der Waals surface area (Å²) >= 11 is 6.55. The predicted octanol–water partition coefficient (Wildman–Crippen LogP) is 0.567. The first-order valence-corrected chi connectivity index (χ1v) is 17.1. The molecule has 4 heterocycles. The first-order valence-electron chi connectivity index (χ1n) is 14.8. The summed E-state index contributed by atoms with van der Waals surface area (Å²) in [6.45, 7) is 4.67. The highest BCUT2D eigenvalue weighted by Gasteiger charge is 2.60. The molecule has 10 nitrogen and oxygen atoms in total. The molecule has 0 spiro atoms. The summed E-state index contributed by atoms with van der Waals surface area (Å²) in [5, 5.41) is 2.90. The molecule has 0 aromatic rings. The van der Waals surface area contributed by atoms with Gasteiger partial charge in [-0.25, -0.2) is 12.8 Å². The Labute approximate surface area is 241 Å². The number of rotatable bonds is 6. The topological polar surface area (TPSA) is 102 Å². The second-order valence-corrected chi connectivity index (χ2v) is 14.9. The van der Waals surface area contributed by atoms with Gasteiger partial charge in [0, 0.05) is 56.8 Å². The lowest BCUT2D eigenvalue weighted by Crippen LogP contribution is -2.74. The largest absolute Gasteiger partial charge is 0.369 e. The molecule has 5 fully saturated rings. The molecular weight excluding hydrogens is 561 g/mol. The van der Waals surface area contributed by atoms with Crippen LogP contribution in [0.5, 0.6) is 0 Å². The Bertz CT molecular complexity index is 1130. The van der Waals surface area contributed by atoms with E-state index in [1.54, 1.807) is 6.20 Å². The van der Waals surface area contributed by atoms with Crippen molar-refractivity contribution in [1.82, 2.24) is 24.3 Å². The maximum absolute atomic E-state index is 16.1. The number of morpholine rings is 1. The summed E-state index contributed by atoms with van der Waals surface area (Å²) in [5.74, 6) is -1.36. The lowest BCUT2D eigenvalue weighted by atomic mass is 9.69. The Hall–Kier alpha value is -1.31. The Morgan fingerprint density at radius 2 is 1.82 bits per heavy atom. The van der Waals surface area contributed by atoms with Crippen LogP contribution in [0.3, 0.4) is 0 Å². The molecule has 6 rings (SSSR count). The van der Waals surface area contributed by atoms with Crippen molar-refractivity contribution in [2.45, 2.75) is 80.4 Å². The van der Waals surface area contributed by atoms with Crippen molar-refractivity contribution in [2.24, 2.45) is 5.92 Å². The summed E-state index contributed by atoms with van der Waals surface area (Å²) in [6.07, 6.45) is 5.35. The third kappa shape index (κ3) is 5.44. The maximum Gasteiger partial charge on any atom is 0.256 e. The third-order valence-corrected chi connectivity index (χ3v) is 11.6. The third-order valence-electron chi connectivity index (χ3n) is 9.89. The van der Waals surface area contributed by atoms with E-state index in [1.807, 2.05) is 4.90 Å². The number of amides is 1. The first kappa shape index (κ1) is 28.8. The number of Topliss-reactive ketones (excluding diaryl/α,β-unsaturated/α-hetero) is 1. The number of nitrogens with zero attached hydrogens (tertiary/aromatic N) is 4. The molecule has 2 aliphatic carbocycles. The highest BCUT2D eigenvalue weighted by molar-refractivity contribution is 7.88. The fourth-order valence-corrected chi connectivity index (χ4v) is 9.03. The van der Waals surface area contributed by atoms with Gasteiger partial charge >= 0.3 is 0 Å². The van der Waals surface area contributed by atoms with Crippen LogP contribution in [-0.2, 0) is 24.3 Å². The number of piperazine rings is 1. The predicted molar refractivity (Wildman–Crippen MR) is 148 cm³/mol. The van der Waals surface area contributed by atoms with Gasteiger partial charge in [-0.05, 0) is 51.6 Å². The van der Waals surface area contributed by atoms with Crippen LogP contribution >= 0.6 is 11.6 Å². The second-order valence-electron chi connectivity index (χ2n) is 12.3. The molecule has 0 bridgehead atoms. The number of carbonyl (C=O) groups is 2. The zero-order chi connectivity index (χ0) is 28.2. The average Bonchev–Trinajstić information content (AvgIpc) is 3.43. The van der Waals surface area contributed by atoms with E-state index in [1.165, 1.54) is 23.4 Å². The first-order chi connectivity index (χ1) is 19.1. The summed E-state index contributed by atoms with van der Waals surface area (Å²) in [7, 11) is -3.32. The van der Waals surface area contributed by atoms with Crippen LogP contribution in [0.1, 0.15) is 38.5 Å². The molecule has 0 radical (unpaired) electrons. The van der Waals surface area contributed by atoms with Gasteiger partial charge in [-0.3, -0.25) is 14.5 Å². The fraction of sp³-hybridized carbons (Fsp3) is 0.852. The minimum Gasteiger partial charge on any atom is -0.369 e. The van der Waals surface area contributed by atoms with Gasteiger partial charge in [0.15, 0.2) is 5.78 Å². The molecule has 4 aliphatic heterocycles. The van der Waals surface area contributed by atoms with Crippen molar-refractivity contribution in [2.75, 3.05) is 58.6 Å². The van der Waals surface area contributed by atoms with Crippen LogP contribution in [0.2, 0.25) is 0 Å². The van der Waals surface area contributed by atoms with Crippen molar-refractivity contribution < 1.29 is 27.1 Å². The lowest BCUT2D eigenvalue weighted by molar-refractivity contribution is -0.212. The quantitative estimate of drug-likeness (QED) is 0.348. The minimum absolute atomic E-state index is 0.0186. The van der Waals surface area contributed by atoms with Gasteiger partial charge in [-0.1, -0.05) is 0 Å². The molecule has 2 saturated carbocycles. The number of hydrogen-bond donors (Lipinski definition) is 1. The molecule has 13 heteroatoms. The zero-order valence-electron chi connectivity index (χ0n) is 23.1.